The minimum Gasteiger partial charge on any atom is -0.293 e. The van der Waals surface area contributed by atoms with E-state index in [2.05, 4.69) is 22.4 Å². The molecule has 1 aliphatic heterocycles. The standard InChI is InChI=1S/C14H21NS/c1-2-8-14(9-3-1,13-7-6-12-16-13)15-10-4-5-11-15/h6-7,12H,1-5,8-11H2. The molecular weight excluding hydrogens is 214 g/mol. The zero-order valence-corrected chi connectivity index (χ0v) is 10.8. The van der Waals surface area contributed by atoms with E-state index >= 15 is 0 Å². The highest BCUT2D eigenvalue weighted by Gasteiger charge is 2.41. The third-order valence-electron chi connectivity index (χ3n) is 4.37. The van der Waals surface area contributed by atoms with Crippen LogP contribution >= 0.6 is 11.3 Å². The fourth-order valence-electron chi connectivity index (χ4n) is 3.54. The average molecular weight is 235 g/mol. The molecule has 0 bridgehead atoms. The Morgan fingerprint density at radius 2 is 1.75 bits per heavy atom. The number of likely N-dealkylation sites (tertiary alicyclic amines) is 1. The summed E-state index contributed by atoms with van der Waals surface area (Å²) in [5.74, 6) is 0. The fourth-order valence-corrected chi connectivity index (χ4v) is 4.56. The SMILES string of the molecule is c1csc(C2(N3CCCC3)CCCCC2)c1. The van der Waals surface area contributed by atoms with Gasteiger partial charge in [-0.05, 0) is 50.2 Å². The molecule has 1 aromatic heterocycles. The van der Waals surface area contributed by atoms with E-state index in [1.54, 1.807) is 4.88 Å². The number of rotatable bonds is 2. The van der Waals surface area contributed by atoms with E-state index in [1.807, 2.05) is 11.3 Å². The molecule has 1 saturated carbocycles. The van der Waals surface area contributed by atoms with Crippen LogP contribution in [-0.4, -0.2) is 18.0 Å². The van der Waals surface area contributed by atoms with Gasteiger partial charge in [0.2, 0.25) is 0 Å². The van der Waals surface area contributed by atoms with Crippen molar-refractivity contribution >= 4 is 11.3 Å². The van der Waals surface area contributed by atoms with Crippen LogP contribution in [0.15, 0.2) is 17.5 Å². The van der Waals surface area contributed by atoms with E-state index in [-0.39, 0.29) is 0 Å². The summed E-state index contributed by atoms with van der Waals surface area (Å²) in [5, 5.41) is 2.25. The molecule has 0 N–H and O–H groups in total. The van der Waals surface area contributed by atoms with E-state index in [0.717, 1.165) is 0 Å². The van der Waals surface area contributed by atoms with Crippen molar-refractivity contribution in [1.29, 1.82) is 0 Å². The summed E-state index contributed by atoms with van der Waals surface area (Å²) in [6.45, 7) is 2.66. The molecule has 0 radical (unpaired) electrons. The second-order valence-electron chi connectivity index (χ2n) is 5.26. The van der Waals surface area contributed by atoms with Crippen LogP contribution in [0.4, 0.5) is 0 Å². The first kappa shape index (κ1) is 10.8. The van der Waals surface area contributed by atoms with Crippen LogP contribution in [0.1, 0.15) is 49.8 Å². The van der Waals surface area contributed by atoms with Crippen LogP contribution in [0.3, 0.4) is 0 Å². The van der Waals surface area contributed by atoms with Crippen LogP contribution in [-0.2, 0) is 5.54 Å². The van der Waals surface area contributed by atoms with Crippen LogP contribution in [0.25, 0.3) is 0 Å². The zero-order chi connectivity index (χ0) is 10.8. The molecule has 0 aromatic carbocycles. The summed E-state index contributed by atoms with van der Waals surface area (Å²) in [4.78, 5) is 4.42. The number of hydrogen-bond donors (Lipinski definition) is 0. The largest absolute Gasteiger partial charge is 0.293 e. The van der Waals surface area contributed by atoms with Crippen molar-refractivity contribution in [3.63, 3.8) is 0 Å². The highest BCUT2D eigenvalue weighted by atomic mass is 32.1. The van der Waals surface area contributed by atoms with Gasteiger partial charge in [-0.1, -0.05) is 25.3 Å². The van der Waals surface area contributed by atoms with E-state index in [1.165, 1.54) is 58.0 Å². The molecule has 2 aliphatic rings. The quantitative estimate of drug-likeness (QED) is 0.749. The molecule has 2 fully saturated rings. The lowest BCUT2D eigenvalue weighted by molar-refractivity contribution is 0.0741. The monoisotopic (exact) mass is 235 g/mol. The smallest absolute Gasteiger partial charge is 0.0553 e. The molecular formula is C14H21NS. The molecule has 1 aliphatic carbocycles. The molecule has 1 saturated heterocycles. The number of thiophene rings is 1. The van der Waals surface area contributed by atoms with Crippen molar-refractivity contribution in [1.82, 2.24) is 4.90 Å². The van der Waals surface area contributed by atoms with Crippen molar-refractivity contribution in [2.75, 3.05) is 13.1 Å². The van der Waals surface area contributed by atoms with Gasteiger partial charge in [-0.3, -0.25) is 4.90 Å². The van der Waals surface area contributed by atoms with Crippen LogP contribution in [0.2, 0.25) is 0 Å². The lowest BCUT2D eigenvalue weighted by Gasteiger charge is -2.44. The molecule has 2 heterocycles. The van der Waals surface area contributed by atoms with Crippen molar-refractivity contribution in [3.05, 3.63) is 22.4 Å². The zero-order valence-electron chi connectivity index (χ0n) is 9.95. The third-order valence-corrected chi connectivity index (χ3v) is 5.44. The third kappa shape index (κ3) is 1.72. The van der Waals surface area contributed by atoms with E-state index < -0.39 is 0 Å². The Balaban J connectivity index is 1.92. The summed E-state index contributed by atoms with van der Waals surface area (Å²) >= 11 is 1.97. The van der Waals surface area contributed by atoms with Gasteiger partial charge in [0.1, 0.15) is 0 Å². The van der Waals surface area contributed by atoms with Crippen molar-refractivity contribution < 1.29 is 0 Å². The predicted molar refractivity (Wildman–Crippen MR) is 69.9 cm³/mol. The second-order valence-corrected chi connectivity index (χ2v) is 6.21. The molecule has 16 heavy (non-hydrogen) atoms. The van der Waals surface area contributed by atoms with Gasteiger partial charge in [0.05, 0.1) is 5.54 Å². The molecule has 1 nitrogen and oxygen atoms in total. The molecule has 3 rings (SSSR count). The molecule has 0 spiro atoms. The van der Waals surface area contributed by atoms with Crippen molar-refractivity contribution in [3.8, 4) is 0 Å². The first-order valence-electron chi connectivity index (χ1n) is 6.71. The lowest BCUT2D eigenvalue weighted by atomic mass is 9.79. The van der Waals surface area contributed by atoms with Gasteiger partial charge in [0, 0.05) is 4.88 Å². The first-order valence-corrected chi connectivity index (χ1v) is 7.59. The molecule has 88 valence electrons. The summed E-state index contributed by atoms with van der Waals surface area (Å²) in [6, 6.07) is 4.60. The second kappa shape index (κ2) is 4.50. The number of hydrogen-bond acceptors (Lipinski definition) is 2. The van der Waals surface area contributed by atoms with Gasteiger partial charge in [-0.2, -0.15) is 0 Å². The number of nitrogens with zero attached hydrogens (tertiary/aromatic N) is 1. The van der Waals surface area contributed by atoms with Crippen LogP contribution < -0.4 is 0 Å². The molecule has 0 unspecified atom stereocenters. The minimum atomic E-state index is 0.433. The summed E-state index contributed by atoms with van der Waals surface area (Å²) in [6.07, 6.45) is 9.91. The minimum absolute atomic E-state index is 0.433. The van der Waals surface area contributed by atoms with E-state index in [9.17, 15) is 0 Å². The van der Waals surface area contributed by atoms with Gasteiger partial charge in [0.25, 0.3) is 0 Å². The van der Waals surface area contributed by atoms with Gasteiger partial charge < -0.3 is 0 Å². The van der Waals surface area contributed by atoms with E-state index in [4.69, 9.17) is 0 Å². The van der Waals surface area contributed by atoms with Gasteiger partial charge >= 0.3 is 0 Å². The molecule has 0 atom stereocenters. The van der Waals surface area contributed by atoms with Crippen molar-refractivity contribution in [2.45, 2.75) is 50.5 Å². The molecule has 1 aromatic rings. The Kier molecular flexibility index (Phi) is 3.03. The Bertz CT molecular complexity index is 319. The molecule has 2 heteroatoms. The topological polar surface area (TPSA) is 3.24 Å². The average Bonchev–Trinajstić information content (AvgIpc) is 3.04. The normalized spacial score (nSPS) is 26.0. The van der Waals surface area contributed by atoms with Crippen molar-refractivity contribution in [2.24, 2.45) is 0 Å². The maximum atomic E-state index is 2.79. The highest BCUT2D eigenvalue weighted by Crippen LogP contribution is 2.45. The first-order chi connectivity index (χ1) is 7.92. The summed E-state index contributed by atoms with van der Waals surface area (Å²) in [7, 11) is 0. The fraction of sp³-hybridized carbons (Fsp3) is 0.714. The predicted octanol–water partition coefficient (Wildman–Crippen LogP) is 4.00. The van der Waals surface area contributed by atoms with Crippen LogP contribution in [0, 0.1) is 0 Å². The van der Waals surface area contributed by atoms with Gasteiger partial charge in [0.15, 0.2) is 0 Å². The summed E-state index contributed by atoms with van der Waals surface area (Å²) in [5.41, 5.74) is 0.433. The van der Waals surface area contributed by atoms with Crippen LogP contribution in [0.5, 0.6) is 0 Å². The Morgan fingerprint density at radius 3 is 2.38 bits per heavy atom. The lowest BCUT2D eigenvalue weighted by Crippen LogP contribution is -2.45. The van der Waals surface area contributed by atoms with Gasteiger partial charge in [-0.25, -0.2) is 0 Å². The van der Waals surface area contributed by atoms with E-state index in [0.29, 0.717) is 5.54 Å². The highest BCUT2D eigenvalue weighted by molar-refractivity contribution is 7.10. The Labute approximate surface area is 102 Å². The maximum Gasteiger partial charge on any atom is 0.0553 e. The Morgan fingerprint density at radius 1 is 1.00 bits per heavy atom. The Hall–Kier alpha value is -0.340. The molecule has 0 amide bonds. The maximum absolute atomic E-state index is 2.79. The van der Waals surface area contributed by atoms with Gasteiger partial charge in [-0.15, -0.1) is 11.3 Å². The summed E-state index contributed by atoms with van der Waals surface area (Å²) < 4.78 is 0.